The van der Waals surface area contributed by atoms with E-state index in [-0.39, 0.29) is 34.9 Å². The number of ketones is 2. The molecule has 6 atom stereocenters. The normalized spacial score (nSPS) is 46.8. The van der Waals surface area contributed by atoms with Crippen LogP contribution in [0.5, 0.6) is 0 Å². The zero-order valence-electron chi connectivity index (χ0n) is 14.8. The molecule has 0 saturated heterocycles. The number of rotatable bonds is 2. The summed E-state index contributed by atoms with van der Waals surface area (Å²) in [4.78, 5) is 24.0. The van der Waals surface area contributed by atoms with Gasteiger partial charge in [-0.2, -0.15) is 0 Å². The van der Waals surface area contributed by atoms with Crippen molar-refractivity contribution < 1.29 is 14.7 Å². The average molecular weight is 328 g/mol. The first kappa shape index (κ1) is 16.3. The minimum Gasteiger partial charge on any atom is -0.389 e. The zero-order chi connectivity index (χ0) is 17.1. The fraction of sp³-hybridized carbons (Fsp3) is 0.714. The van der Waals surface area contributed by atoms with Gasteiger partial charge in [0, 0.05) is 11.3 Å². The van der Waals surface area contributed by atoms with E-state index < -0.39 is 0 Å². The predicted octanol–water partition coefficient (Wildman–Crippen LogP) is 3.47. The van der Waals surface area contributed by atoms with Crippen LogP contribution in [0.25, 0.3) is 0 Å². The van der Waals surface area contributed by atoms with E-state index in [9.17, 15) is 14.7 Å². The zero-order valence-corrected chi connectivity index (χ0v) is 14.8. The third-order valence-electron chi connectivity index (χ3n) is 8.10. The van der Waals surface area contributed by atoms with Gasteiger partial charge in [0.1, 0.15) is 6.61 Å². The topological polar surface area (TPSA) is 54.4 Å². The quantitative estimate of drug-likeness (QED) is 0.844. The van der Waals surface area contributed by atoms with Gasteiger partial charge in [0.25, 0.3) is 0 Å². The van der Waals surface area contributed by atoms with Crippen molar-refractivity contribution in [3.8, 4) is 0 Å². The Morgan fingerprint density at radius 1 is 1.21 bits per heavy atom. The van der Waals surface area contributed by atoms with E-state index in [1.54, 1.807) is 6.08 Å². The molecule has 130 valence electrons. The summed E-state index contributed by atoms with van der Waals surface area (Å²) < 4.78 is 0. The number of hydrogen-bond acceptors (Lipinski definition) is 3. The maximum Gasteiger partial charge on any atom is 0.178 e. The van der Waals surface area contributed by atoms with Gasteiger partial charge in [0.2, 0.25) is 0 Å². The largest absolute Gasteiger partial charge is 0.389 e. The van der Waals surface area contributed by atoms with Gasteiger partial charge < -0.3 is 5.11 Å². The van der Waals surface area contributed by atoms with Crippen LogP contribution in [0.4, 0.5) is 0 Å². The van der Waals surface area contributed by atoms with Crippen molar-refractivity contribution in [2.45, 2.75) is 52.4 Å². The van der Waals surface area contributed by atoms with Gasteiger partial charge in [0.05, 0.1) is 0 Å². The number of carbonyl (C=O) groups excluding carboxylic acids is 2. The van der Waals surface area contributed by atoms with E-state index in [0.29, 0.717) is 17.8 Å². The molecule has 4 aliphatic rings. The lowest BCUT2D eigenvalue weighted by atomic mass is 9.47. The molecule has 0 radical (unpaired) electrons. The smallest absolute Gasteiger partial charge is 0.178 e. The van der Waals surface area contributed by atoms with Crippen molar-refractivity contribution in [2.24, 2.45) is 34.5 Å². The van der Waals surface area contributed by atoms with Crippen LogP contribution in [0.1, 0.15) is 52.4 Å². The molecule has 0 aromatic heterocycles. The average Bonchev–Trinajstić information content (AvgIpc) is 2.92. The summed E-state index contributed by atoms with van der Waals surface area (Å²) in [5, 5.41) is 9.35. The molecule has 0 bridgehead atoms. The summed E-state index contributed by atoms with van der Waals surface area (Å²) in [5.74, 6) is 2.03. The third kappa shape index (κ3) is 2.06. The Labute approximate surface area is 144 Å². The second-order valence-corrected chi connectivity index (χ2v) is 8.90. The molecular formula is C21H28O3. The van der Waals surface area contributed by atoms with Crippen molar-refractivity contribution >= 4 is 11.6 Å². The lowest BCUT2D eigenvalue weighted by Gasteiger charge is -2.56. The third-order valence-corrected chi connectivity index (χ3v) is 8.10. The molecule has 0 amide bonds. The fourth-order valence-electron chi connectivity index (χ4n) is 6.84. The summed E-state index contributed by atoms with van der Waals surface area (Å²) in [6, 6.07) is 0. The van der Waals surface area contributed by atoms with Crippen LogP contribution in [-0.2, 0) is 9.59 Å². The molecule has 0 spiro atoms. The Bertz CT molecular complexity index is 645. The number of fused-ring (bicyclic) bond motifs is 5. The first-order chi connectivity index (χ1) is 11.4. The number of aliphatic hydroxyl groups excluding tert-OH is 1. The summed E-state index contributed by atoms with van der Waals surface area (Å²) in [6.07, 6.45) is 12.2. The molecule has 1 N–H and O–H groups in total. The Morgan fingerprint density at radius 2 is 2.00 bits per heavy atom. The van der Waals surface area contributed by atoms with Gasteiger partial charge in [-0.25, -0.2) is 0 Å². The SMILES string of the molecule is C[C@]12CC[C@H]3[C@@H](CCC4=CC(=O)C=C[C@@]43C)[C@@H]1CC[C@@H]2C(=O)CO. The maximum atomic E-state index is 12.3. The molecule has 0 unspecified atom stereocenters. The second kappa shape index (κ2) is 5.39. The molecule has 0 aliphatic heterocycles. The molecule has 0 heterocycles. The predicted molar refractivity (Wildman–Crippen MR) is 92.2 cm³/mol. The highest BCUT2D eigenvalue weighted by Gasteiger charge is 2.59. The summed E-state index contributed by atoms with van der Waals surface area (Å²) in [7, 11) is 0. The van der Waals surface area contributed by atoms with Crippen molar-refractivity contribution in [3.05, 3.63) is 23.8 Å². The van der Waals surface area contributed by atoms with Crippen LogP contribution < -0.4 is 0 Å². The van der Waals surface area contributed by atoms with Crippen molar-refractivity contribution in [1.82, 2.24) is 0 Å². The summed E-state index contributed by atoms with van der Waals surface area (Å²) >= 11 is 0. The van der Waals surface area contributed by atoms with Crippen LogP contribution in [0.3, 0.4) is 0 Å². The van der Waals surface area contributed by atoms with Crippen molar-refractivity contribution in [1.29, 1.82) is 0 Å². The van der Waals surface area contributed by atoms with Crippen LogP contribution >= 0.6 is 0 Å². The Balaban J connectivity index is 1.66. The molecule has 3 nitrogen and oxygen atoms in total. The minimum absolute atomic E-state index is 0.0250. The van der Waals surface area contributed by atoms with Crippen molar-refractivity contribution in [3.63, 3.8) is 0 Å². The highest BCUT2D eigenvalue weighted by atomic mass is 16.3. The lowest BCUT2D eigenvalue weighted by molar-refractivity contribution is -0.132. The van der Waals surface area contributed by atoms with Gasteiger partial charge in [-0.3, -0.25) is 9.59 Å². The standard InChI is InChI=1S/C21H28O3/c1-20-9-7-14(23)11-13(20)3-4-15-16-5-6-18(19(24)12-22)21(16,2)10-8-17(15)20/h7,9,11,15-18,22H,3-6,8,10,12H2,1-2H3/t15-,16-,17-,18+,20-,21-/m0/s1. The Morgan fingerprint density at radius 3 is 2.75 bits per heavy atom. The first-order valence-corrected chi connectivity index (χ1v) is 9.48. The van der Waals surface area contributed by atoms with Gasteiger partial charge in [0.15, 0.2) is 11.6 Å². The lowest BCUT2D eigenvalue weighted by Crippen LogP contribution is -2.50. The maximum absolute atomic E-state index is 12.3. The van der Waals surface area contributed by atoms with E-state index >= 15 is 0 Å². The summed E-state index contributed by atoms with van der Waals surface area (Å²) in [6.45, 7) is 4.30. The van der Waals surface area contributed by atoms with Crippen LogP contribution in [-0.4, -0.2) is 23.3 Å². The van der Waals surface area contributed by atoms with Gasteiger partial charge in [-0.1, -0.05) is 25.5 Å². The Hall–Kier alpha value is -1.22. The molecule has 3 heteroatoms. The highest BCUT2D eigenvalue weighted by molar-refractivity contribution is 6.01. The van der Waals surface area contributed by atoms with E-state index in [1.165, 1.54) is 5.57 Å². The monoisotopic (exact) mass is 328 g/mol. The van der Waals surface area contributed by atoms with Crippen LogP contribution in [0.2, 0.25) is 0 Å². The first-order valence-electron chi connectivity index (χ1n) is 9.48. The van der Waals surface area contributed by atoms with Crippen LogP contribution in [0.15, 0.2) is 23.8 Å². The van der Waals surface area contributed by atoms with Crippen molar-refractivity contribution in [2.75, 3.05) is 6.61 Å². The highest BCUT2D eigenvalue weighted by Crippen LogP contribution is 2.65. The number of aliphatic hydroxyl groups is 1. The minimum atomic E-state index is -0.309. The molecular weight excluding hydrogens is 300 g/mol. The van der Waals surface area contributed by atoms with E-state index in [1.807, 2.05) is 6.08 Å². The number of carbonyl (C=O) groups is 2. The Kier molecular flexibility index (Phi) is 3.65. The molecule has 24 heavy (non-hydrogen) atoms. The molecule has 0 aromatic carbocycles. The van der Waals surface area contributed by atoms with E-state index in [2.05, 4.69) is 19.9 Å². The second-order valence-electron chi connectivity index (χ2n) is 8.90. The molecule has 3 fully saturated rings. The number of allylic oxidation sites excluding steroid dienone is 4. The van der Waals surface area contributed by atoms with Gasteiger partial charge in [-0.15, -0.1) is 0 Å². The molecule has 0 aromatic rings. The molecule has 4 rings (SSSR count). The van der Waals surface area contributed by atoms with Gasteiger partial charge in [-0.05, 0) is 73.8 Å². The van der Waals surface area contributed by atoms with Gasteiger partial charge >= 0.3 is 0 Å². The molecule has 3 saturated carbocycles. The van der Waals surface area contributed by atoms with E-state index in [0.717, 1.165) is 38.5 Å². The van der Waals surface area contributed by atoms with Crippen LogP contribution in [0, 0.1) is 34.5 Å². The fourth-order valence-corrected chi connectivity index (χ4v) is 6.84. The van der Waals surface area contributed by atoms with E-state index in [4.69, 9.17) is 0 Å². The number of hydrogen-bond donors (Lipinski definition) is 1. The summed E-state index contributed by atoms with van der Waals surface area (Å²) in [5.41, 5.74) is 1.41. The molecule has 4 aliphatic carbocycles. The number of Topliss-reactive ketones (excluding diaryl/α,β-unsaturated/α-hetero) is 1.